The number of benzene rings is 2. The van der Waals surface area contributed by atoms with Gasteiger partial charge in [0.25, 0.3) is 15.9 Å². The summed E-state index contributed by atoms with van der Waals surface area (Å²) in [7, 11) is -3.35. The minimum absolute atomic E-state index is 0.0285. The van der Waals surface area contributed by atoms with Gasteiger partial charge in [-0.1, -0.05) is 17.7 Å². The van der Waals surface area contributed by atoms with Gasteiger partial charge in [-0.05, 0) is 49.9 Å². The first-order valence-corrected chi connectivity index (χ1v) is 14.3. The summed E-state index contributed by atoms with van der Waals surface area (Å²) in [6.45, 7) is 0. The van der Waals surface area contributed by atoms with Crippen LogP contribution in [0.25, 0.3) is 22.0 Å². The molecule has 5 rings (SSSR count). The number of hydrogen-bond donors (Lipinski definition) is 4. The van der Waals surface area contributed by atoms with Gasteiger partial charge in [-0.25, -0.2) is 26.6 Å². The van der Waals surface area contributed by atoms with Crippen LogP contribution in [0.1, 0.15) is 36.2 Å². The van der Waals surface area contributed by atoms with Gasteiger partial charge in [0, 0.05) is 29.2 Å². The molecule has 2 aromatic carbocycles. The molecule has 216 valence electrons. The topological polar surface area (TPSA) is 152 Å². The van der Waals surface area contributed by atoms with Crippen molar-refractivity contribution < 1.29 is 31.1 Å². The third-order valence-electron chi connectivity index (χ3n) is 6.81. The van der Waals surface area contributed by atoms with Crippen molar-refractivity contribution in [2.45, 2.75) is 42.7 Å². The van der Waals surface area contributed by atoms with Gasteiger partial charge in [0.05, 0.1) is 23.4 Å². The molecule has 0 radical (unpaired) electrons. The molecular weight excluding hydrogens is 585 g/mol. The molecule has 5 N–H and O–H groups in total. The number of halogens is 4. The first kappa shape index (κ1) is 28.6. The molecule has 1 aliphatic rings. The van der Waals surface area contributed by atoms with Crippen LogP contribution in [0.2, 0.25) is 5.02 Å². The van der Waals surface area contributed by atoms with E-state index in [0.717, 1.165) is 49.7 Å². The van der Waals surface area contributed by atoms with Crippen molar-refractivity contribution in [3.63, 3.8) is 0 Å². The largest absolute Gasteiger partial charge is 0.480 e. The second-order valence-corrected chi connectivity index (χ2v) is 11.7. The van der Waals surface area contributed by atoms with Gasteiger partial charge in [0.15, 0.2) is 22.2 Å². The molecule has 41 heavy (non-hydrogen) atoms. The number of ether oxygens (including phenoxy) is 1. The normalized spacial score (nSPS) is 17.4. The lowest BCUT2D eigenvalue weighted by Crippen LogP contribution is -2.42. The maximum Gasteiger partial charge on any atom is 0.272 e. The van der Waals surface area contributed by atoms with Crippen LogP contribution >= 0.6 is 11.6 Å². The van der Waals surface area contributed by atoms with Crippen molar-refractivity contribution >= 4 is 44.1 Å². The molecule has 2 atom stereocenters. The highest BCUT2D eigenvalue weighted by Crippen LogP contribution is 2.36. The number of carbonyl (C=O) groups is 1. The monoisotopic (exact) mass is 608 g/mol. The van der Waals surface area contributed by atoms with Gasteiger partial charge in [-0.3, -0.25) is 14.6 Å². The fourth-order valence-corrected chi connectivity index (χ4v) is 6.29. The molecule has 0 aliphatic heterocycles. The molecular formula is C26H24ClF3N6O4S. The number of carbonyl (C=O) groups excluding carboxylic acids is 1. The Balaban J connectivity index is 1.49. The van der Waals surface area contributed by atoms with Gasteiger partial charge in [-0.15, -0.1) is 0 Å². The number of anilines is 1. The number of fused-ring (bicyclic) bond motifs is 1. The van der Waals surface area contributed by atoms with E-state index in [9.17, 15) is 17.6 Å². The molecule has 2 unspecified atom stereocenters. The number of nitrogens with one attached hydrogen (secondary N) is 3. The molecule has 1 amide bonds. The highest BCUT2D eigenvalue weighted by atomic mass is 35.5. The van der Waals surface area contributed by atoms with E-state index in [1.165, 1.54) is 13.2 Å². The van der Waals surface area contributed by atoms with E-state index in [4.69, 9.17) is 22.1 Å². The summed E-state index contributed by atoms with van der Waals surface area (Å²) in [6.07, 6.45) is 4.24. The van der Waals surface area contributed by atoms with E-state index in [1.54, 1.807) is 0 Å². The summed E-state index contributed by atoms with van der Waals surface area (Å²) in [5.41, 5.74) is 3.61. The highest BCUT2D eigenvalue weighted by Gasteiger charge is 2.28. The lowest BCUT2D eigenvalue weighted by molar-refractivity contribution is 0.0922. The van der Waals surface area contributed by atoms with Gasteiger partial charge < -0.3 is 15.8 Å². The predicted molar refractivity (Wildman–Crippen MR) is 146 cm³/mol. The predicted octanol–water partition coefficient (Wildman–Crippen LogP) is 4.50. The summed E-state index contributed by atoms with van der Waals surface area (Å²) in [5, 5.41) is 9.27. The zero-order valence-electron chi connectivity index (χ0n) is 21.5. The van der Waals surface area contributed by atoms with Crippen LogP contribution < -0.4 is 20.5 Å². The Kier molecular flexibility index (Phi) is 7.81. The lowest BCUT2D eigenvalue weighted by atomic mass is 9.91. The standard InChI is InChI=1S/C26H24ClF3N6O4S/c1-40-26-19(9-12(27)11-32-26)41(38,39)36-18-8-7-17(28)20(22(18)30)15-5-6-16-23(21(15)29)34-35-24(16)25(37)33-14-4-2-3-13(31)10-14/h5-9,11,13-14,36H,2-4,10,31H2,1H3,(H,33,37)(H,34,35). The summed E-state index contributed by atoms with van der Waals surface area (Å²) in [5.74, 6) is -4.48. The number of methoxy groups -OCH3 is 1. The zero-order chi connectivity index (χ0) is 29.5. The second kappa shape index (κ2) is 11.2. The van der Waals surface area contributed by atoms with Crippen LogP contribution in [0.5, 0.6) is 5.88 Å². The summed E-state index contributed by atoms with van der Waals surface area (Å²) >= 11 is 5.87. The smallest absolute Gasteiger partial charge is 0.272 e. The van der Waals surface area contributed by atoms with Crippen molar-refractivity contribution in [2.24, 2.45) is 5.73 Å². The van der Waals surface area contributed by atoms with Crippen LogP contribution in [-0.4, -0.2) is 48.7 Å². The number of nitrogens with zero attached hydrogens (tertiary/aromatic N) is 2. The number of nitrogens with two attached hydrogens (primary N) is 1. The number of sulfonamides is 1. The molecule has 2 heterocycles. The van der Waals surface area contributed by atoms with Crippen LogP contribution in [0.4, 0.5) is 18.9 Å². The fraction of sp³-hybridized carbons (Fsp3) is 0.269. The fourth-order valence-electron chi connectivity index (χ4n) is 4.87. The first-order chi connectivity index (χ1) is 19.5. The number of pyridine rings is 1. The van der Waals surface area contributed by atoms with Crippen molar-refractivity contribution in [1.82, 2.24) is 20.5 Å². The van der Waals surface area contributed by atoms with Crippen LogP contribution in [0, 0.1) is 17.5 Å². The van der Waals surface area contributed by atoms with Gasteiger partial charge in [-0.2, -0.15) is 5.10 Å². The summed E-state index contributed by atoms with van der Waals surface area (Å²) in [4.78, 5) is 16.1. The van der Waals surface area contributed by atoms with E-state index in [-0.39, 0.29) is 39.6 Å². The van der Waals surface area contributed by atoms with E-state index in [0.29, 0.717) is 6.42 Å². The van der Waals surface area contributed by atoms with Crippen LogP contribution in [-0.2, 0) is 10.0 Å². The number of hydrogen-bond acceptors (Lipinski definition) is 7. The van der Waals surface area contributed by atoms with E-state index >= 15 is 8.78 Å². The van der Waals surface area contributed by atoms with Crippen LogP contribution in [0.3, 0.4) is 0 Å². The molecule has 4 aromatic rings. The number of amides is 1. The molecule has 0 bridgehead atoms. The molecule has 0 saturated heterocycles. The molecule has 15 heteroatoms. The average molecular weight is 609 g/mol. The Labute approximate surface area is 237 Å². The maximum absolute atomic E-state index is 15.6. The summed E-state index contributed by atoms with van der Waals surface area (Å²) < 4.78 is 79.2. The Morgan fingerprint density at radius 1 is 1.17 bits per heavy atom. The average Bonchev–Trinajstić information content (AvgIpc) is 3.37. The van der Waals surface area contributed by atoms with Crippen LogP contribution in [0.15, 0.2) is 41.4 Å². The number of H-pyrrole nitrogens is 1. The zero-order valence-corrected chi connectivity index (χ0v) is 23.0. The van der Waals surface area contributed by atoms with E-state index < -0.39 is 55.1 Å². The third kappa shape index (κ3) is 5.54. The Bertz CT molecular complexity index is 1770. The second-order valence-electron chi connectivity index (χ2n) is 9.57. The lowest BCUT2D eigenvalue weighted by Gasteiger charge is -2.27. The number of rotatable bonds is 7. The summed E-state index contributed by atoms with van der Waals surface area (Å²) in [6, 6.07) is 4.89. The van der Waals surface area contributed by atoms with Crippen molar-refractivity contribution in [3.8, 4) is 17.0 Å². The first-order valence-electron chi connectivity index (χ1n) is 12.4. The van der Waals surface area contributed by atoms with Crippen molar-refractivity contribution in [3.05, 3.63) is 64.7 Å². The van der Waals surface area contributed by atoms with E-state index in [1.807, 2.05) is 4.72 Å². The molecule has 0 spiro atoms. The Hall–Kier alpha value is -3.88. The third-order valence-corrected chi connectivity index (χ3v) is 8.38. The molecule has 2 aromatic heterocycles. The minimum atomic E-state index is -4.53. The Morgan fingerprint density at radius 2 is 1.95 bits per heavy atom. The molecule has 1 aliphatic carbocycles. The number of aromatic amines is 1. The molecule has 10 nitrogen and oxygen atoms in total. The number of aromatic nitrogens is 3. The minimum Gasteiger partial charge on any atom is -0.480 e. The van der Waals surface area contributed by atoms with Gasteiger partial charge in [0.1, 0.15) is 11.3 Å². The maximum atomic E-state index is 15.6. The van der Waals surface area contributed by atoms with Gasteiger partial charge in [0.2, 0.25) is 5.88 Å². The van der Waals surface area contributed by atoms with Crippen molar-refractivity contribution in [2.75, 3.05) is 11.8 Å². The molecule has 1 saturated carbocycles. The quantitative estimate of drug-likeness (QED) is 0.241. The highest BCUT2D eigenvalue weighted by molar-refractivity contribution is 7.92. The van der Waals surface area contributed by atoms with E-state index in [2.05, 4.69) is 20.5 Å². The Morgan fingerprint density at radius 3 is 2.68 bits per heavy atom. The SMILES string of the molecule is COc1ncc(Cl)cc1S(=O)(=O)Nc1ccc(F)c(-c2ccc3c(C(=O)NC4CCCC(N)C4)n[nH]c3c2F)c1F. The van der Waals surface area contributed by atoms with Gasteiger partial charge >= 0.3 is 0 Å². The molecule has 1 fully saturated rings. The van der Waals surface area contributed by atoms with Crippen molar-refractivity contribution in [1.29, 1.82) is 0 Å².